The number of hydrogen-bond acceptors (Lipinski definition) is 2. The molecule has 0 aromatic heterocycles. The maximum atomic E-state index is 10.8. The zero-order chi connectivity index (χ0) is 10.2. The molecule has 0 aliphatic carbocycles. The number of carbonyl (C=O) groups excluding carboxylic acids is 1. The van der Waals surface area contributed by atoms with Crippen LogP contribution in [-0.4, -0.2) is 46.5 Å². The molecule has 0 saturated carbocycles. The first kappa shape index (κ1) is 10.5. The highest BCUT2D eigenvalue weighted by Gasteiger charge is 2.49. The zero-order valence-corrected chi connectivity index (χ0v) is 8.77. The lowest BCUT2D eigenvalue weighted by molar-refractivity contribution is -1.03. The van der Waals surface area contributed by atoms with Gasteiger partial charge in [-0.3, -0.25) is 4.79 Å². The Morgan fingerprint density at radius 3 is 2.46 bits per heavy atom. The number of rotatable bonds is 2. The van der Waals surface area contributed by atoms with Gasteiger partial charge in [-0.15, -0.1) is 0 Å². The Bertz CT molecular complexity index is 208. The first-order valence-corrected chi connectivity index (χ1v) is 4.72. The van der Waals surface area contributed by atoms with Crippen molar-refractivity contribution in [3.8, 4) is 0 Å². The van der Waals surface area contributed by atoms with E-state index in [2.05, 4.69) is 20.8 Å². The van der Waals surface area contributed by atoms with Gasteiger partial charge in [-0.05, 0) is 20.8 Å². The zero-order valence-electron chi connectivity index (χ0n) is 8.77. The Labute approximate surface area is 79.3 Å². The number of quaternary nitrogens is 1. The molecule has 0 aromatic rings. The minimum atomic E-state index is -0.625. The van der Waals surface area contributed by atoms with Crippen LogP contribution in [0.3, 0.4) is 0 Å². The summed E-state index contributed by atoms with van der Waals surface area (Å²) in [5, 5.41) is 11.1. The fraction of sp³-hybridized carbons (Fsp3) is 0.889. The van der Waals surface area contributed by atoms with E-state index in [1.165, 1.54) is 5.01 Å². The normalized spacial score (nSPS) is 40.0. The largest absolute Gasteiger partial charge is 0.369 e. The van der Waals surface area contributed by atoms with Crippen molar-refractivity contribution in [2.75, 3.05) is 7.05 Å². The predicted octanol–water partition coefficient (Wildman–Crippen LogP) is 0.325. The molecule has 76 valence electrons. The monoisotopic (exact) mass is 187 g/mol. The highest BCUT2D eigenvalue weighted by atomic mass is 16.3. The third kappa shape index (κ3) is 1.34. The van der Waals surface area contributed by atoms with E-state index in [-0.39, 0.29) is 0 Å². The van der Waals surface area contributed by atoms with Crippen molar-refractivity contribution >= 4 is 6.41 Å². The number of nitrogens with zero attached hydrogens (tertiary/aromatic N) is 2. The molecule has 1 unspecified atom stereocenters. The van der Waals surface area contributed by atoms with E-state index in [4.69, 9.17) is 0 Å². The van der Waals surface area contributed by atoms with Crippen molar-refractivity contribution in [1.29, 1.82) is 0 Å². The maximum Gasteiger partial charge on any atom is 0.258 e. The molecule has 1 rings (SSSR count). The standard InChI is InChI=1S/C9H19N2O2/c1-7(2)11(4)8(3)5-9(13)10(11)6-12/h6-9,13H,5H2,1-4H3/q+1/t8-,9+,11?/m1/s1. The molecule has 0 aromatic carbocycles. The molecule has 1 N–H and O–H groups in total. The van der Waals surface area contributed by atoms with Crippen LogP contribution in [0.15, 0.2) is 0 Å². The summed E-state index contributed by atoms with van der Waals surface area (Å²) < 4.78 is 0.505. The molecule has 13 heavy (non-hydrogen) atoms. The van der Waals surface area contributed by atoms with Crippen LogP contribution in [0.4, 0.5) is 0 Å². The Hall–Kier alpha value is -0.610. The maximum absolute atomic E-state index is 10.8. The van der Waals surface area contributed by atoms with Crippen LogP contribution in [0.25, 0.3) is 0 Å². The minimum Gasteiger partial charge on any atom is -0.369 e. The highest BCUT2D eigenvalue weighted by Crippen LogP contribution is 2.31. The molecule has 0 radical (unpaired) electrons. The lowest BCUT2D eigenvalue weighted by atomic mass is 10.2. The number of hydrogen-bond donors (Lipinski definition) is 1. The molecule has 1 amide bonds. The second-order valence-electron chi connectivity index (χ2n) is 4.24. The predicted molar refractivity (Wildman–Crippen MR) is 49.3 cm³/mol. The highest BCUT2D eigenvalue weighted by molar-refractivity contribution is 5.45. The van der Waals surface area contributed by atoms with Crippen molar-refractivity contribution in [2.45, 2.75) is 45.5 Å². The van der Waals surface area contributed by atoms with Crippen LogP contribution < -0.4 is 0 Å². The van der Waals surface area contributed by atoms with Crippen LogP contribution >= 0.6 is 0 Å². The van der Waals surface area contributed by atoms with Crippen LogP contribution in [-0.2, 0) is 4.79 Å². The molecule has 0 bridgehead atoms. The Morgan fingerprint density at radius 2 is 2.15 bits per heavy atom. The SMILES string of the molecule is CC(C)[N+]1(C)[C@H](C)C[C@H](O)N1C=O. The fourth-order valence-corrected chi connectivity index (χ4v) is 2.09. The number of amides is 1. The third-order valence-electron chi connectivity index (χ3n) is 3.40. The molecule has 0 spiro atoms. The Morgan fingerprint density at radius 1 is 1.62 bits per heavy atom. The van der Waals surface area contributed by atoms with Gasteiger partial charge in [-0.1, -0.05) is 0 Å². The van der Waals surface area contributed by atoms with E-state index in [1.54, 1.807) is 0 Å². The summed E-state index contributed by atoms with van der Waals surface area (Å²) >= 11 is 0. The average Bonchev–Trinajstić information content (AvgIpc) is 2.24. The summed E-state index contributed by atoms with van der Waals surface area (Å²) in [4.78, 5) is 10.8. The molecular formula is C9H19N2O2+. The van der Waals surface area contributed by atoms with E-state index in [9.17, 15) is 9.90 Å². The molecule has 1 fully saturated rings. The third-order valence-corrected chi connectivity index (χ3v) is 3.40. The molecule has 3 atom stereocenters. The summed E-state index contributed by atoms with van der Waals surface area (Å²) in [6.45, 7) is 6.18. The Balaban J connectivity index is 2.98. The second kappa shape index (κ2) is 3.27. The van der Waals surface area contributed by atoms with Gasteiger partial charge in [-0.2, -0.15) is 5.01 Å². The molecular weight excluding hydrogens is 168 g/mol. The van der Waals surface area contributed by atoms with E-state index in [0.717, 1.165) is 6.41 Å². The lowest BCUT2D eigenvalue weighted by Crippen LogP contribution is -2.61. The van der Waals surface area contributed by atoms with Gasteiger partial charge in [0.2, 0.25) is 0 Å². The summed E-state index contributed by atoms with van der Waals surface area (Å²) in [7, 11) is 1.99. The summed E-state index contributed by atoms with van der Waals surface area (Å²) in [5.74, 6) is 0. The van der Waals surface area contributed by atoms with Crippen molar-refractivity contribution in [1.82, 2.24) is 5.01 Å². The molecule has 4 nitrogen and oxygen atoms in total. The van der Waals surface area contributed by atoms with Crippen molar-refractivity contribution < 1.29 is 14.5 Å². The van der Waals surface area contributed by atoms with E-state index < -0.39 is 6.23 Å². The fourth-order valence-electron chi connectivity index (χ4n) is 2.09. The van der Waals surface area contributed by atoms with E-state index >= 15 is 0 Å². The van der Waals surface area contributed by atoms with Crippen molar-refractivity contribution in [3.63, 3.8) is 0 Å². The van der Waals surface area contributed by atoms with Gasteiger partial charge in [0.15, 0.2) is 6.23 Å². The van der Waals surface area contributed by atoms with E-state index in [1.807, 2.05) is 7.05 Å². The first-order valence-electron chi connectivity index (χ1n) is 4.72. The number of aliphatic hydroxyl groups is 1. The summed E-state index contributed by atoms with van der Waals surface area (Å²) in [6, 6.07) is 0.595. The average molecular weight is 187 g/mol. The lowest BCUT2D eigenvalue weighted by Gasteiger charge is -2.42. The van der Waals surface area contributed by atoms with Gasteiger partial charge in [0.25, 0.3) is 6.41 Å². The number of aliphatic hydroxyl groups excluding tert-OH is 1. The Kier molecular flexibility index (Phi) is 2.63. The van der Waals surface area contributed by atoms with Crippen LogP contribution in [0.2, 0.25) is 0 Å². The van der Waals surface area contributed by atoms with Gasteiger partial charge >= 0.3 is 0 Å². The first-order chi connectivity index (χ1) is 5.94. The van der Waals surface area contributed by atoms with Crippen LogP contribution in [0, 0.1) is 0 Å². The molecule has 1 saturated heterocycles. The van der Waals surface area contributed by atoms with Crippen molar-refractivity contribution in [2.24, 2.45) is 0 Å². The topological polar surface area (TPSA) is 40.5 Å². The van der Waals surface area contributed by atoms with Crippen molar-refractivity contribution in [3.05, 3.63) is 0 Å². The molecule has 1 heterocycles. The molecule has 1 aliphatic rings. The smallest absolute Gasteiger partial charge is 0.258 e. The van der Waals surface area contributed by atoms with Gasteiger partial charge in [0, 0.05) is 0 Å². The minimum absolute atomic E-state index is 0.292. The van der Waals surface area contributed by atoms with Crippen LogP contribution in [0.5, 0.6) is 0 Å². The quantitative estimate of drug-likeness (QED) is 0.500. The van der Waals surface area contributed by atoms with Gasteiger partial charge in [-0.25, -0.2) is 4.59 Å². The van der Waals surface area contributed by atoms with Gasteiger partial charge in [0.05, 0.1) is 13.5 Å². The summed E-state index contributed by atoms with van der Waals surface area (Å²) in [6.07, 6.45) is 0.779. The number of carbonyl (C=O) groups is 1. The molecule has 1 aliphatic heterocycles. The molecule has 4 heteroatoms. The van der Waals surface area contributed by atoms with Crippen LogP contribution in [0.1, 0.15) is 27.2 Å². The van der Waals surface area contributed by atoms with Gasteiger partial charge < -0.3 is 5.11 Å². The summed E-state index contributed by atoms with van der Waals surface area (Å²) in [5.41, 5.74) is 0. The van der Waals surface area contributed by atoms with Gasteiger partial charge in [0.1, 0.15) is 12.1 Å². The van der Waals surface area contributed by atoms with E-state index in [0.29, 0.717) is 23.1 Å². The second-order valence-corrected chi connectivity index (χ2v) is 4.24.